The molecule has 0 spiro atoms. The highest BCUT2D eigenvalue weighted by Gasteiger charge is 2.26. The number of phosphoric acid groups is 1. The van der Waals surface area contributed by atoms with E-state index in [9.17, 15) is 19.0 Å². The number of nitrogens with two attached hydrogens (primary N) is 1. The van der Waals surface area contributed by atoms with Crippen molar-refractivity contribution in [3.05, 3.63) is 24.3 Å². The number of hydrogen-bond donors (Lipinski definition) is 2. The summed E-state index contributed by atoms with van der Waals surface area (Å²) in [5.41, 5.74) is 5.34. The maximum Gasteiger partial charge on any atom is 0.472 e. The molecule has 0 saturated carbocycles. The fraction of sp³-hybridized carbons (Fsp3) is 0.854. The molecule has 0 aliphatic carbocycles. The maximum absolute atomic E-state index is 12.6. The molecule has 0 rings (SSSR count). The molecule has 9 nitrogen and oxygen atoms in total. The van der Waals surface area contributed by atoms with Gasteiger partial charge in [0.05, 0.1) is 13.2 Å². The summed E-state index contributed by atoms with van der Waals surface area (Å²) >= 11 is 0. The standard InChI is InChI=1S/C41H78NO8P/c1-3-5-7-9-11-13-15-17-19-21-23-25-27-29-31-33-40(43)47-37-39(38-49-51(45,46)48-36-35-42)50-41(44)34-32-30-28-26-24-22-20-18-16-14-12-10-8-6-4-2/h9-12,39H,3-8,13-38,42H2,1-2H3,(H,45,46)/b11-9+,12-10+/t39-/m1/s1. The van der Waals surface area contributed by atoms with Crippen LogP contribution < -0.4 is 5.73 Å². The molecule has 3 N–H and O–H groups in total. The molecule has 1 unspecified atom stereocenters. The average Bonchev–Trinajstić information content (AvgIpc) is 3.11. The van der Waals surface area contributed by atoms with Crippen LogP contribution in [0.15, 0.2) is 24.3 Å². The first kappa shape index (κ1) is 49.5. The molecule has 0 aliphatic heterocycles. The Balaban J connectivity index is 4.16. The van der Waals surface area contributed by atoms with Crippen molar-refractivity contribution in [1.82, 2.24) is 0 Å². The molecule has 10 heteroatoms. The van der Waals surface area contributed by atoms with Crippen LogP contribution in [0, 0.1) is 0 Å². The Hall–Kier alpha value is -1.51. The predicted molar refractivity (Wildman–Crippen MR) is 211 cm³/mol. The highest BCUT2D eigenvalue weighted by Crippen LogP contribution is 2.43. The number of allylic oxidation sites excluding steroid dienone is 4. The molecule has 0 heterocycles. The number of hydrogen-bond acceptors (Lipinski definition) is 8. The van der Waals surface area contributed by atoms with Crippen LogP contribution >= 0.6 is 7.82 Å². The second-order valence-electron chi connectivity index (χ2n) is 13.8. The largest absolute Gasteiger partial charge is 0.472 e. The highest BCUT2D eigenvalue weighted by atomic mass is 31.2. The van der Waals surface area contributed by atoms with Crippen LogP contribution in [0.4, 0.5) is 0 Å². The van der Waals surface area contributed by atoms with E-state index in [-0.39, 0.29) is 38.6 Å². The van der Waals surface area contributed by atoms with Crippen molar-refractivity contribution in [2.45, 2.75) is 200 Å². The van der Waals surface area contributed by atoms with E-state index in [0.29, 0.717) is 6.42 Å². The molecule has 2 atom stereocenters. The predicted octanol–water partition coefficient (Wildman–Crippen LogP) is 11.6. The van der Waals surface area contributed by atoms with Crippen molar-refractivity contribution in [2.75, 3.05) is 26.4 Å². The van der Waals surface area contributed by atoms with Crippen LogP contribution in [-0.4, -0.2) is 49.3 Å². The average molecular weight is 744 g/mol. The maximum atomic E-state index is 12.6. The van der Waals surface area contributed by atoms with E-state index < -0.39 is 26.5 Å². The van der Waals surface area contributed by atoms with Crippen molar-refractivity contribution in [3.63, 3.8) is 0 Å². The van der Waals surface area contributed by atoms with E-state index >= 15 is 0 Å². The molecular weight excluding hydrogens is 665 g/mol. The highest BCUT2D eigenvalue weighted by molar-refractivity contribution is 7.47. The Morgan fingerprint density at radius 3 is 1.39 bits per heavy atom. The number of esters is 2. The number of ether oxygens (including phenoxy) is 2. The number of carbonyl (C=O) groups is 2. The van der Waals surface area contributed by atoms with Crippen molar-refractivity contribution in [1.29, 1.82) is 0 Å². The molecule has 51 heavy (non-hydrogen) atoms. The van der Waals surface area contributed by atoms with Gasteiger partial charge in [0.2, 0.25) is 0 Å². The SMILES string of the molecule is CCCC/C=C/CCCCCCCCCCCC(=O)OC[C@H](COP(=O)(O)OCCN)OC(=O)CCCCCCCCCCC/C=C/CCCC. The zero-order valence-electron chi connectivity index (χ0n) is 32.8. The number of unbranched alkanes of at least 4 members (excludes halogenated alkanes) is 22. The van der Waals surface area contributed by atoms with Crippen LogP contribution in [-0.2, 0) is 32.7 Å². The summed E-state index contributed by atoms with van der Waals surface area (Å²) in [5, 5.41) is 0. The van der Waals surface area contributed by atoms with Gasteiger partial charge in [0.1, 0.15) is 6.61 Å². The molecule has 0 bridgehead atoms. The monoisotopic (exact) mass is 744 g/mol. The lowest BCUT2D eigenvalue weighted by atomic mass is 10.1. The fourth-order valence-electron chi connectivity index (χ4n) is 5.65. The van der Waals surface area contributed by atoms with Crippen molar-refractivity contribution in [3.8, 4) is 0 Å². The molecule has 0 amide bonds. The molecule has 0 aromatic rings. The first-order valence-corrected chi connectivity index (χ1v) is 22.3. The topological polar surface area (TPSA) is 134 Å². The lowest BCUT2D eigenvalue weighted by Crippen LogP contribution is -2.29. The lowest BCUT2D eigenvalue weighted by Gasteiger charge is -2.19. The van der Waals surface area contributed by atoms with Crippen molar-refractivity contribution < 1.29 is 37.6 Å². The summed E-state index contributed by atoms with van der Waals surface area (Å²) in [6.45, 7) is 3.68. The van der Waals surface area contributed by atoms with Gasteiger partial charge in [-0.25, -0.2) is 4.57 Å². The minimum absolute atomic E-state index is 0.0539. The molecule has 0 saturated heterocycles. The number of rotatable bonds is 39. The minimum Gasteiger partial charge on any atom is -0.462 e. The zero-order valence-corrected chi connectivity index (χ0v) is 33.7. The molecule has 0 radical (unpaired) electrons. The molecule has 300 valence electrons. The van der Waals surface area contributed by atoms with Gasteiger partial charge in [-0.05, 0) is 51.4 Å². The fourth-order valence-corrected chi connectivity index (χ4v) is 6.42. The summed E-state index contributed by atoms with van der Waals surface area (Å²) in [5.74, 6) is -0.830. The summed E-state index contributed by atoms with van der Waals surface area (Å²) in [6, 6.07) is 0. The third-order valence-electron chi connectivity index (χ3n) is 8.81. The van der Waals surface area contributed by atoms with Crippen LogP contribution in [0.5, 0.6) is 0 Å². The van der Waals surface area contributed by atoms with Gasteiger partial charge < -0.3 is 20.1 Å². The third-order valence-corrected chi connectivity index (χ3v) is 9.79. The van der Waals surface area contributed by atoms with Gasteiger partial charge in [0, 0.05) is 19.4 Å². The van der Waals surface area contributed by atoms with E-state index in [1.165, 1.54) is 122 Å². The van der Waals surface area contributed by atoms with Gasteiger partial charge in [-0.1, -0.05) is 154 Å². The quantitative estimate of drug-likeness (QED) is 0.0273. The molecule has 0 aromatic carbocycles. The van der Waals surface area contributed by atoms with E-state index in [4.69, 9.17) is 24.3 Å². The van der Waals surface area contributed by atoms with Crippen molar-refractivity contribution >= 4 is 19.8 Å². The Morgan fingerprint density at radius 2 is 0.961 bits per heavy atom. The van der Waals surface area contributed by atoms with E-state index in [2.05, 4.69) is 38.2 Å². The van der Waals surface area contributed by atoms with Gasteiger partial charge in [0.25, 0.3) is 0 Å². The molecular formula is C41H78NO8P. The Labute approximate surface area is 312 Å². The number of phosphoric ester groups is 1. The molecule has 0 fully saturated rings. The van der Waals surface area contributed by atoms with Gasteiger partial charge >= 0.3 is 19.8 Å². The van der Waals surface area contributed by atoms with Crippen LogP contribution in [0.3, 0.4) is 0 Å². The number of carbonyl (C=O) groups excluding carboxylic acids is 2. The third kappa shape index (κ3) is 38.0. The van der Waals surface area contributed by atoms with Gasteiger partial charge in [0.15, 0.2) is 6.10 Å². The summed E-state index contributed by atoms with van der Waals surface area (Å²) < 4.78 is 32.7. The first-order valence-electron chi connectivity index (χ1n) is 20.8. The van der Waals surface area contributed by atoms with Crippen LogP contribution in [0.1, 0.15) is 194 Å². The molecule has 0 aromatic heterocycles. The molecule has 0 aliphatic rings. The van der Waals surface area contributed by atoms with E-state index in [1.807, 2.05) is 0 Å². The Morgan fingerprint density at radius 1 is 0.569 bits per heavy atom. The smallest absolute Gasteiger partial charge is 0.462 e. The minimum atomic E-state index is -4.37. The normalized spacial score (nSPS) is 13.6. The lowest BCUT2D eigenvalue weighted by molar-refractivity contribution is -0.161. The van der Waals surface area contributed by atoms with Gasteiger partial charge in [-0.15, -0.1) is 0 Å². The van der Waals surface area contributed by atoms with Gasteiger partial charge in [-0.2, -0.15) is 0 Å². The van der Waals surface area contributed by atoms with E-state index in [1.54, 1.807) is 0 Å². The van der Waals surface area contributed by atoms with Crippen LogP contribution in [0.2, 0.25) is 0 Å². The first-order chi connectivity index (χ1) is 24.8. The van der Waals surface area contributed by atoms with E-state index in [0.717, 1.165) is 38.5 Å². The second-order valence-corrected chi connectivity index (χ2v) is 15.3. The van der Waals surface area contributed by atoms with Crippen molar-refractivity contribution in [2.24, 2.45) is 5.73 Å². The Bertz CT molecular complexity index is 897. The summed E-state index contributed by atoms with van der Waals surface area (Å²) in [7, 11) is -4.37. The van der Waals surface area contributed by atoms with Crippen LogP contribution in [0.25, 0.3) is 0 Å². The zero-order chi connectivity index (χ0) is 37.5. The van der Waals surface area contributed by atoms with Gasteiger partial charge in [-0.3, -0.25) is 18.6 Å². The summed E-state index contributed by atoms with van der Waals surface area (Å²) in [4.78, 5) is 34.8. The second kappa shape index (κ2) is 38.2. The summed E-state index contributed by atoms with van der Waals surface area (Å²) in [6.07, 6.45) is 39.1. The Kier molecular flexibility index (Phi) is 37.1.